The predicted octanol–water partition coefficient (Wildman–Crippen LogP) is 1.92. The zero-order chi connectivity index (χ0) is 25.4. The van der Waals surface area contributed by atoms with Crippen LogP contribution in [-0.4, -0.2) is 61.2 Å². The van der Waals surface area contributed by atoms with Crippen molar-refractivity contribution in [3.63, 3.8) is 0 Å². The molecule has 35 heavy (non-hydrogen) atoms. The third kappa shape index (κ3) is 6.21. The van der Waals surface area contributed by atoms with Crippen molar-refractivity contribution in [3.05, 3.63) is 52.6 Å². The second-order valence-electron chi connectivity index (χ2n) is 7.85. The average Bonchev–Trinajstić information content (AvgIpc) is 2.86. The molecule has 0 aliphatic carbocycles. The lowest BCUT2D eigenvalue weighted by molar-refractivity contribution is -0.117. The van der Waals surface area contributed by atoms with Crippen molar-refractivity contribution in [3.8, 4) is 12.1 Å². The van der Waals surface area contributed by atoms with Gasteiger partial charge in [-0.15, -0.1) is 0 Å². The number of hydrogen-bond acceptors (Lipinski definition) is 9. The fourth-order valence-electron chi connectivity index (χ4n) is 3.99. The molecule has 11 heteroatoms. The first-order chi connectivity index (χ1) is 16.9. The smallest absolute Gasteiger partial charge is 0.404 e. The molecule has 4 N–H and O–H groups in total. The number of piperazine rings is 1. The summed E-state index contributed by atoms with van der Waals surface area (Å²) in [6, 6.07) is 13.5. The van der Waals surface area contributed by atoms with Crippen LogP contribution in [0.3, 0.4) is 0 Å². The molecule has 1 aliphatic rings. The first-order valence-electron chi connectivity index (χ1n) is 11.2. The van der Waals surface area contributed by atoms with Gasteiger partial charge in [0.05, 0.1) is 11.1 Å². The number of nitrogens with zero attached hydrogens (tertiary/aromatic N) is 5. The van der Waals surface area contributed by atoms with Gasteiger partial charge in [-0.25, -0.2) is 9.78 Å². The van der Waals surface area contributed by atoms with E-state index in [9.17, 15) is 20.1 Å². The lowest BCUT2D eigenvalue weighted by Crippen LogP contribution is -2.48. The minimum Gasteiger partial charge on any atom is -0.448 e. The number of ether oxygens (including phenoxy) is 1. The van der Waals surface area contributed by atoms with Crippen LogP contribution in [0, 0.1) is 22.7 Å². The van der Waals surface area contributed by atoms with Crippen LogP contribution in [0.25, 0.3) is 0 Å². The number of carbonyl (C=O) groups is 2. The third-order valence-electron chi connectivity index (χ3n) is 5.74. The number of primary amides is 2. The number of pyridine rings is 1. The van der Waals surface area contributed by atoms with Crippen LogP contribution in [0.15, 0.2) is 35.4 Å². The van der Waals surface area contributed by atoms with Gasteiger partial charge in [0.25, 0.3) is 0 Å². The summed E-state index contributed by atoms with van der Waals surface area (Å²) in [5.41, 5.74) is 12.7. The van der Waals surface area contributed by atoms with Gasteiger partial charge >= 0.3 is 6.09 Å². The Morgan fingerprint density at radius 1 is 1.11 bits per heavy atom. The van der Waals surface area contributed by atoms with E-state index in [1.807, 2.05) is 30.0 Å². The highest BCUT2D eigenvalue weighted by atomic mass is 32.2. The maximum absolute atomic E-state index is 12.3. The molecule has 0 saturated carbocycles. The Bertz CT molecular complexity index is 1150. The summed E-state index contributed by atoms with van der Waals surface area (Å²) in [4.78, 5) is 32.0. The number of hydrogen-bond donors (Lipinski definition) is 2. The molecule has 1 fully saturated rings. The van der Waals surface area contributed by atoms with E-state index in [1.54, 1.807) is 12.1 Å². The van der Waals surface area contributed by atoms with Crippen molar-refractivity contribution in [2.45, 2.75) is 23.6 Å². The lowest BCUT2D eigenvalue weighted by atomic mass is 10.0. The summed E-state index contributed by atoms with van der Waals surface area (Å²) >= 11 is 1.13. The summed E-state index contributed by atoms with van der Waals surface area (Å²) < 4.78 is 4.81. The number of aromatic nitrogens is 1. The Morgan fingerprint density at radius 2 is 1.77 bits per heavy atom. The highest BCUT2D eigenvalue weighted by Crippen LogP contribution is 2.39. The molecule has 2 aromatic rings. The largest absolute Gasteiger partial charge is 0.448 e. The topological polar surface area (TPSA) is 162 Å². The summed E-state index contributed by atoms with van der Waals surface area (Å²) in [7, 11) is 0. The van der Waals surface area contributed by atoms with Crippen LogP contribution in [0.2, 0.25) is 0 Å². The van der Waals surface area contributed by atoms with Gasteiger partial charge in [0.15, 0.2) is 0 Å². The number of amides is 2. The number of carbonyl (C=O) groups excluding carboxylic acids is 2. The minimum atomic E-state index is -0.800. The SMILES string of the molecule is CCc1c(C#N)c(SC(C(N)=O)c2ccccc2)nc(N2CCN(CCOC(N)=O)CC2)c1C#N. The second-order valence-corrected chi connectivity index (χ2v) is 8.95. The fraction of sp³-hybridized carbons (Fsp3) is 0.375. The molecule has 3 rings (SSSR count). The molecular formula is C24H27N7O3S. The first-order valence-corrected chi connectivity index (χ1v) is 12.0. The number of benzene rings is 1. The molecule has 1 unspecified atom stereocenters. The van der Waals surface area contributed by atoms with E-state index in [2.05, 4.69) is 17.0 Å². The number of thioether (sulfide) groups is 1. The van der Waals surface area contributed by atoms with Gasteiger partial charge in [-0.1, -0.05) is 49.0 Å². The number of rotatable bonds is 9. The molecule has 2 heterocycles. The highest BCUT2D eigenvalue weighted by molar-refractivity contribution is 8.00. The lowest BCUT2D eigenvalue weighted by Gasteiger charge is -2.36. The van der Waals surface area contributed by atoms with Gasteiger partial charge in [0.1, 0.15) is 34.8 Å². The van der Waals surface area contributed by atoms with Crippen LogP contribution in [0.4, 0.5) is 10.6 Å². The van der Waals surface area contributed by atoms with Crippen molar-refractivity contribution in [2.75, 3.05) is 44.2 Å². The van der Waals surface area contributed by atoms with Crippen LogP contribution >= 0.6 is 11.8 Å². The van der Waals surface area contributed by atoms with E-state index >= 15 is 0 Å². The zero-order valence-corrected chi connectivity index (χ0v) is 20.3. The molecule has 182 valence electrons. The second kappa shape index (κ2) is 12.1. The van der Waals surface area contributed by atoms with Crippen LogP contribution in [0.1, 0.15) is 34.4 Å². The fourth-order valence-corrected chi connectivity index (χ4v) is 5.04. The molecule has 1 aromatic carbocycles. The van der Waals surface area contributed by atoms with Gasteiger partial charge in [0, 0.05) is 32.7 Å². The van der Waals surface area contributed by atoms with Gasteiger partial charge in [0.2, 0.25) is 5.91 Å². The summed E-state index contributed by atoms with van der Waals surface area (Å²) in [6.07, 6.45) is -0.336. The number of nitrogens with two attached hydrogens (primary N) is 2. The highest BCUT2D eigenvalue weighted by Gasteiger charge is 2.28. The van der Waals surface area contributed by atoms with Crippen LogP contribution < -0.4 is 16.4 Å². The molecule has 1 saturated heterocycles. The predicted molar refractivity (Wildman–Crippen MR) is 131 cm³/mol. The summed E-state index contributed by atoms with van der Waals surface area (Å²) in [6.45, 7) is 5.18. The van der Waals surface area contributed by atoms with Gasteiger partial charge in [-0.3, -0.25) is 9.69 Å². The molecular weight excluding hydrogens is 466 g/mol. The van der Waals surface area contributed by atoms with E-state index in [1.165, 1.54) is 0 Å². The van der Waals surface area contributed by atoms with Crippen molar-refractivity contribution in [1.29, 1.82) is 10.5 Å². The number of anilines is 1. The summed E-state index contributed by atoms with van der Waals surface area (Å²) in [5, 5.41) is 19.5. The molecule has 1 aliphatic heterocycles. The van der Waals surface area contributed by atoms with Gasteiger partial charge < -0.3 is 21.1 Å². The molecule has 1 aromatic heterocycles. The molecule has 0 radical (unpaired) electrons. The van der Waals surface area contributed by atoms with Crippen molar-refractivity contribution in [1.82, 2.24) is 9.88 Å². The summed E-state index contributed by atoms with van der Waals surface area (Å²) in [5.74, 6) is -0.0437. The van der Waals surface area contributed by atoms with Gasteiger partial charge in [-0.2, -0.15) is 10.5 Å². The van der Waals surface area contributed by atoms with Crippen molar-refractivity contribution >= 4 is 29.6 Å². The maximum atomic E-state index is 12.3. The quantitative estimate of drug-likeness (QED) is 0.497. The Hall–Kier alpha value is -3.80. The normalized spacial score (nSPS) is 14.5. The minimum absolute atomic E-state index is 0.211. The molecule has 0 spiro atoms. The Labute approximate surface area is 208 Å². The van der Waals surface area contributed by atoms with Crippen molar-refractivity contribution in [2.24, 2.45) is 11.5 Å². The first kappa shape index (κ1) is 25.8. The molecule has 2 amide bonds. The molecule has 0 bridgehead atoms. The standard InChI is InChI=1S/C24H27N7O3S/c1-2-17-18(14-25)22(31-10-8-30(9-11-31)12-13-34-24(28)33)29-23(19(17)15-26)35-20(21(27)32)16-6-4-3-5-7-16/h3-7,20H,2,8-13H2,1H3,(H2,27,32)(H2,28,33). The average molecular weight is 494 g/mol. The molecule has 10 nitrogen and oxygen atoms in total. The van der Waals surface area contributed by atoms with E-state index in [4.69, 9.17) is 21.2 Å². The Morgan fingerprint density at radius 3 is 2.31 bits per heavy atom. The maximum Gasteiger partial charge on any atom is 0.404 e. The Balaban J connectivity index is 1.92. The van der Waals surface area contributed by atoms with Crippen molar-refractivity contribution < 1.29 is 14.3 Å². The van der Waals surface area contributed by atoms with E-state index < -0.39 is 17.3 Å². The van der Waals surface area contributed by atoms with Crippen LogP contribution in [0.5, 0.6) is 0 Å². The number of nitriles is 2. The van der Waals surface area contributed by atoms with E-state index in [0.717, 1.165) is 11.8 Å². The molecule has 1 atom stereocenters. The monoisotopic (exact) mass is 493 g/mol. The van der Waals surface area contributed by atoms with Crippen LogP contribution in [-0.2, 0) is 16.0 Å². The van der Waals surface area contributed by atoms with E-state index in [0.29, 0.717) is 72.2 Å². The Kier molecular flexibility index (Phi) is 8.90. The zero-order valence-electron chi connectivity index (χ0n) is 19.4. The third-order valence-corrected chi connectivity index (χ3v) is 7.00. The van der Waals surface area contributed by atoms with Gasteiger partial charge in [-0.05, 0) is 17.5 Å². The van der Waals surface area contributed by atoms with E-state index in [-0.39, 0.29) is 6.61 Å².